The first-order valence-electron chi connectivity index (χ1n) is 8.95. The summed E-state index contributed by atoms with van der Waals surface area (Å²) in [4.78, 5) is -0.817. The summed E-state index contributed by atoms with van der Waals surface area (Å²) in [5.74, 6) is 0. The summed E-state index contributed by atoms with van der Waals surface area (Å²) in [5.41, 5.74) is 0.350. The fourth-order valence-corrected chi connectivity index (χ4v) is 5.38. The van der Waals surface area contributed by atoms with Gasteiger partial charge in [0, 0.05) is 25.2 Å². The average Bonchev–Trinajstić information content (AvgIpc) is 3.00. The first-order valence-corrected chi connectivity index (χ1v) is 10.8. The van der Waals surface area contributed by atoms with E-state index in [1.54, 1.807) is 24.3 Å². The summed E-state index contributed by atoms with van der Waals surface area (Å²) in [6.45, 7) is 1.24. The number of aryl methyl sites for hydroxylation is 1. The molecule has 0 amide bonds. The van der Waals surface area contributed by atoms with Crippen molar-refractivity contribution in [3.8, 4) is 6.07 Å². The van der Waals surface area contributed by atoms with Crippen molar-refractivity contribution in [2.24, 2.45) is 7.05 Å². The van der Waals surface area contributed by atoms with Crippen molar-refractivity contribution >= 4 is 27.2 Å². The van der Waals surface area contributed by atoms with Gasteiger partial charge in [0.15, 0.2) is 5.69 Å². The van der Waals surface area contributed by atoms with Crippen LogP contribution in [-0.2, 0) is 23.2 Å². The highest BCUT2D eigenvalue weighted by atomic mass is 35.5. The SMILES string of the molecule is Cc1c(S(=O)(=O)N2CCC(=C(C#N)c3ccc(Cl)cc3)CC2)c(C(F)(F)F)nn1C. The van der Waals surface area contributed by atoms with E-state index in [2.05, 4.69) is 11.2 Å². The molecule has 2 aromatic rings. The van der Waals surface area contributed by atoms with E-state index >= 15 is 0 Å². The Kier molecular flexibility index (Phi) is 6.00. The van der Waals surface area contributed by atoms with E-state index in [1.165, 1.54) is 14.0 Å². The minimum Gasteiger partial charge on any atom is -0.271 e. The molecule has 11 heteroatoms. The van der Waals surface area contributed by atoms with E-state index in [0.717, 1.165) is 14.6 Å². The first kappa shape index (κ1) is 22.3. The van der Waals surface area contributed by atoms with Crippen molar-refractivity contribution in [1.29, 1.82) is 5.26 Å². The minimum absolute atomic E-state index is 0.0257. The summed E-state index contributed by atoms with van der Waals surface area (Å²) in [6.07, 6.45) is -4.41. The Morgan fingerprint density at radius 1 is 1.20 bits per heavy atom. The number of allylic oxidation sites excluding steroid dienone is 1. The van der Waals surface area contributed by atoms with E-state index in [4.69, 9.17) is 11.6 Å². The van der Waals surface area contributed by atoms with Gasteiger partial charge in [-0.3, -0.25) is 4.68 Å². The number of piperidine rings is 1. The average molecular weight is 459 g/mol. The van der Waals surface area contributed by atoms with Crippen molar-refractivity contribution in [2.45, 2.75) is 30.8 Å². The highest BCUT2D eigenvalue weighted by Crippen LogP contribution is 2.37. The molecule has 1 aromatic carbocycles. The molecule has 1 aromatic heterocycles. The molecule has 1 aliphatic rings. The largest absolute Gasteiger partial charge is 0.436 e. The molecule has 0 N–H and O–H groups in total. The van der Waals surface area contributed by atoms with Gasteiger partial charge in [-0.25, -0.2) is 8.42 Å². The fraction of sp³-hybridized carbons (Fsp3) is 0.368. The number of halogens is 4. The molecule has 0 atom stereocenters. The number of rotatable bonds is 3. The predicted octanol–water partition coefficient (Wildman–Crippen LogP) is 4.16. The van der Waals surface area contributed by atoms with Crippen LogP contribution in [0.4, 0.5) is 13.2 Å². The lowest BCUT2D eigenvalue weighted by Crippen LogP contribution is -2.37. The zero-order valence-electron chi connectivity index (χ0n) is 16.2. The van der Waals surface area contributed by atoms with Gasteiger partial charge in [-0.1, -0.05) is 23.7 Å². The van der Waals surface area contributed by atoms with Crippen LogP contribution in [0.3, 0.4) is 0 Å². The summed E-state index contributed by atoms with van der Waals surface area (Å²) < 4.78 is 68.0. The van der Waals surface area contributed by atoms with Crippen molar-refractivity contribution in [2.75, 3.05) is 13.1 Å². The van der Waals surface area contributed by atoms with Crippen molar-refractivity contribution in [3.63, 3.8) is 0 Å². The Bertz CT molecular complexity index is 1140. The van der Waals surface area contributed by atoms with Gasteiger partial charge in [0.1, 0.15) is 4.90 Å². The predicted molar refractivity (Wildman–Crippen MR) is 105 cm³/mol. The minimum atomic E-state index is -4.89. The molecule has 0 saturated carbocycles. The number of aromatic nitrogens is 2. The monoisotopic (exact) mass is 458 g/mol. The molecule has 2 heterocycles. The Labute approximate surface area is 177 Å². The van der Waals surface area contributed by atoms with Crippen LogP contribution in [0.15, 0.2) is 34.7 Å². The number of nitriles is 1. The molecule has 0 bridgehead atoms. The Morgan fingerprint density at radius 2 is 1.77 bits per heavy atom. The third kappa shape index (κ3) is 4.10. The molecular formula is C19H18ClF3N4O2S. The van der Waals surface area contributed by atoms with Crippen LogP contribution in [-0.4, -0.2) is 35.6 Å². The van der Waals surface area contributed by atoms with Gasteiger partial charge in [0.05, 0.1) is 17.3 Å². The van der Waals surface area contributed by atoms with Crippen molar-refractivity contribution in [3.05, 3.63) is 51.8 Å². The van der Waals surface area contributed by atoms with Crippen LogP contribution in [0.5, 0.6) is 0 Å². The van der Waals surface area contributed by atoms with Crippen LogP contribution < -0.4 is 0 Å². The summed E-state index contributed by atoms with van der Waals surface area (Å²) in [5, 5.41) is 13.5. The molecule has 0 radical (unpaired) electrons. The van der Waals surface area contributed by atoms with Crippen LogP contribution in [0.25, 0.3) is 5.57 Å². The third-order valence-corrected chi connectivity index (χ3v) is 7.37. The molecule has 1 fully saturated rings. The zero-order chi connectivity index (χ0) is 22.3. The highest BCUT2D eigenvalue weighted by molar-refractivity contribution is 7.89. The van der Waals surface area contributed by atoms with E-state index in [0.29, 0.717) is 16.2 Å². The maximum absolute atomic E-state index is 13.4. The van der Waals surface area contributed by atoms with E-state index in [-0.39, 0.29) is 31.6 Å². The second-order valence-corrected chi connectivity index (χ2v) is 9.20. The van der Waals surface area contributed by atoms with Gasteiger partial charge >= 0.3 is 6.18 Å². The molecule has 1 aliphatic heterocycles. The Hall–Kier alpha value is -2.35. The molecule has 0 unspecified atom stereocenters. The molecular weight excluding hydrogens is 441 g/mol. The van der Waals surface area contributed by atoms with E-state index in [1.807, 2.05) is 0 Å². The number of hydrogen-bond donors (Lipinski definition) is 0. The number of sulfonamides is 1. The maximum atomic E-state index is 13.4. The van der Waals surface area contributed by atoms with Gasteiger partial charge in [-0.2, -0.15) is 27.8 Å². The molecule has 3 rings (SSSR count). The van der Waals surface area contributed by atoms with Crippen LogP contribution in [0, 0.1) is 18.3 Å². The first-order chi connectivity index (χ1) is 14.0. The lowest BCUT2D eigenvalue weighted by Gasteiger charge is -2.28. The number of hydrogen-bond acceptors (Lipinski definition) is 4. The standard InChI is InChI=1S/C19H18ClF3N4O2S/c1-12-17(18(19(21,22)23)25-26(12)2)30(28,29)27-9-7-14(8-10-27)16(11-24)13-3-5-15(20)6-4-13/h3-6H,7-10H2,1-2H3. The molecule has 30 heavy (non-hydrogen) atoms. The van der Waals surface area contributed by atoms with Gasteiger partial charge < -0.3 is 0 Å². The molecule has 160 valence electrons. The number of alkyl halides is 3. The quantitative estimate of drug-likeness (QED) is 0.647. The lowest BCUT2D eigenvalue weighted by molar-refractivity contribution is -0.143. The second-order valence-electron chi connectivity index (χ2n) is 6.89. The summed E-state index contributed by atoms with van der Waals surface area (Å²) in [6, 6.07) is 8.84. The Morgan fingerprint density at radius 3 is 2.27 bits per heavy atom. The van der Waals surface area contributed by atoms with Crippen molar-refractivity contribution in [1.82, 2.24) is 14.1 Å². The number of benzene rings is 1. The van der Waals surface area contributed by atoms with Crippen LogP contribution in [0.2, 0.25) is 5.02 Å². The summed E-state index contributed by atoms with van der Waals surface area (Å²) >= 11 is 5.87. The van der Waals surface area contributed by atoms with Crippen molar-refractivity contribution < 1.29 is 21.6 Å². The second kappa shape index (κ2) is 8.06. The lowest BCUT2D eigenvalue weighted by atomic mass is 9.95. The molecule has 1 saturated heterocycles. The number of nitrogens with zero attached hydrogens (tertiary/aromatic N) is 4. The third-order valence-electron chi connectivity index (χ3n) is 5.07. The molecule has 0 aliphatic carbocycles. The van der Waals surface area contributed by atoms with Crippen LogP contribution in [0.1, 0.15) is 29.8 Å². The maximum Gasteiger partial charge on any atom is 0.436 e. The van der Waals surface area contributed by atoms with Gasteiger partial charge in [-0.05, 0) is 43.0 Å². The molecule has 0 spiro atoms. The summed E-state index contributed by atoms with van der Waals surface area (Å²) in [7, 11) is -3.13. The normalized spacial score (nSPS) is 15.8. The van der Waals surface area contributed by atoms with Gasteiger partial charge in [-0.15, -0.1) is 0 Å². The van der Waals surface area contributed by atoms with Gasteiger partial charge in [0.25, 0.3) is 0 Å². The van der Waals surface area contributed by atoms with Crippen LogP contribution >= 0.6 is 11.6 Å². The van der Waals surface area contributed by atoms with E-state index < -0.39 is 26.8 Å². The smallest absolute Gasteiger partial charge is 0.271 e. The topological polar surface area (TPSA) is 79.0 Å². The highest BCUT2D eigenvalue weighted by Gasteiger charge is 2.44. The Balaban J connectivity index is 1.91. The molecule has 6 nitrogen and oxygen atoms in total. The zero-order valence-corrected chi connectivity index (χ0v) is 17.7. The van der Waals surface area contributed by atoms with Gasteiger partial charge in [0.2, 0.25) is 10.0 Å². The van der Waals surface area contributed by atoms with E-state index in [9.17, 15) is 26.9 Å². The fourth-order valence-electron chi connectivity index (χ4n) is 3.42.